The van der Waals surface area contributed by atoms with Crippen molar-refractivity contribution in [2.45, 2.75) is 13.5 Å². The van der Waals surface area contributed by atoms with E-state index in [0.29, 0.717) is 17.4 Å². The highest BCUT2D eigenvalue weighted by Gasteiger charge is 2.15. The van der Waals surface area contributed by atoms with Gasteiger partial charge >= 0.3 is 0 Å². The molecule has 0 atom stereocenters. The molecule has 116 valence electrons. The third-order valence-electron chi connectivity index (χ3n) is 3.32. The predicted octanol–water partition coefficient (Wildman–Crippen LogP) is 3.16. The molecule has 2 aromatic carbocycles. The number of nitrogens with zero attached hydrogens (tertiary/aromatic N) is 3. The van der Waals surface area contributed by atoms with Crippen molar-refractivity contribution < 1.29 is 4.79 Å². The molecule has 0 radical (unpaired) electrons. The first-order valence-electron chi connectivity index (χ1n) is 7.15. The summed E-state index contributed by atoms with van der Waals surface area (Å²) < 4.78 is 1.60. The molecule has 1 N–H and O–H groups in total. The molecule has 23 heavy (non-hydrogen) atoms. The number of aryl methyl sites for hydroxylation is 1. The van der Waals surface area contributed by atoms with E-state index in [-0.39, 0.29) is 11.7 Å². The lowest BCUT2D eigenvalue weighted by Gasteiger charge is -2.03. The van der Waals surface area contributed by atoms with Gasteiger partial charge in [-0.2, -0.15) is 0 Å². The standard InChI is InChI=1S/C17H15ClN4O/c1-12-20-16(17(23)19-11-13-6-3-2-4-7-13)21-22(12)15-9-5-8-14(18)10-15/h2-10H,11H2,1H3,(H,19,23). The van der Waals surface area contributed by atoms with E-state index in [1.807, 2.05) is 42.5 Å². The lowest BCUT2D eigenvalue weighted by Crippen LogP contribution is -2.24. The summed E-state index contributed by atoms with van der Waals surface area (Å²) in [6.45, 7) is 2.23. The van der Waals surface area contributed by atoms with E-state index in [9.17, 15) is 4.79 Å². The second-order valence-electron chi connectivity index (χ2n) is 5.04. The highest BCUT2D eigenvalue weighted by Crippen LogP contribution is 2.15. The molecule has 1 heterocycles. The number of carbonyl (C=O) groups is 1. The average Bonchev–Trinajstić information content (AvgIpc) is 2.95. The zero-order chi connectivity index (χ0) is 16.2. The van der Waals surface area contributed by atoms with Gasteiger partial charge in [0.2, 0.25) is 5.82 Å². The van der Waals surface area contributed by atoms with Gasteiger partial charge in [0, 0.05) is 11.6 Å². The van der Waals surface area contributed by atoms with E-state index in [2.05, 4.69) is 15.4 Å². The molecule has 0 fully saturated rings. The quantitative estimate of drug-likeness (QED) is 0.801. The third kappa shape index (κ3) is 3.57. The van der Waals surface area contributed by atoms with Crippen molar-refractivity contribution in [1.82, 2.24) is 20.1 Å². The normalized spacial score (nSPS) is 10.5. The Morgan fingerprint density at radius 2 is 1.96 bits per heavy atom. The summed E-state index contributed by atoms with van der Waals surface area (Å²) in [5, 5.41) is 7.69. The van der Waals surface area contributed by atoms with Crippen LogP contribution < -0.4 is 5.32 Å². The van der Waals surface area contributed by atoms with Gasteiger partial charge in [-0.1, -0.05) is 48.0 Å². The van der Waals surface area contributed by atoms with Crippen molar-refractivity contribution in [3.63, 3.8) is 0 Å². The molecule has 5 nitrogen and oxygen atoms in total. The SMILES string of the molecule is Cc1nc(C(=O)NCc2ccccc2)nn1-c1cccc(Cl)c1. The maximum absolute atomic E-state index is 12.2. The highest BCUT2D eigenvalue weighted by molar-refractivity contribution is 6.30. The van der Waals surface area contributed by atoms with Crippen LogP contribution in [0.2, 0.25) is 5.02 Å². The number of benzene rings is 2. The van der Waals surface area contributed by atoms with Gasteiger partial charge in [0.1, 0.15) is 5.82 Å². The Hall–Kier alpha value is -2.66. The van der Waals surface area contributed by atoms with Gasteiger partial charge in [-0.15, -0.1) is 5.10 Å². The number of hydrogen-bond donors (Lipinski definition) is 1. The van der Waals surface area contributed by atoms with Crippen molar-refractivity contribution in [2.24, 2.45) is 0 Å². The minimum Gasteiger partial charge on any atom is -0.345 e. The molecule has 0 spiro atoms. The largest absolute Gasteiger partial charge is 0.345 e. The van der Waals surface area contributed by atoms with Crippen molar-refractivity contribution in [1.29, 1.82) is 0 Å². The zero-order valence-electron chi connectivity index (χ0n) is 12.5. The molecular formula is C17H15ClN4O. The smallest absolute Gasteiger partial charge is 0.291 e. The molecule has 0 aliphatic heterocycles. The molecule has 0 bridgehead atoms. The van der Waals surface area contributed by atoms with Crippen LogP contribution in [-0.2, 0) is 6.54 Å². The predicted molar refractivity (Wildman–Crippen MR) is 88.7 cm³/mol. The summed E-state index contributed by atoms with van der Waals surface area (Å²) in [7, 11) is 0. The number of nitrogens with one attached hydrogen (secondary N) is 1. The summed E-state index contributed by atoms with van der Waals surface area (Å²) in [5.74, 6) is 0.452. The minimum absolute atomic E-state index is 0.137. The summed E-state index contributed by atoms with van der Waals surface area (Å²) in [4.78, 5) is 16.4. The van der Waals surface area contributed by atoms with Gasteiger partial charge < -0.3 is 5.32 Å². The maximum Gasteiger partial charge on any atom is 0.291 e. The molecule has 3 aromatic rings. The molecule has 0 saturated carbocycles. The topological polar surface area (TPSA) is 59.8 Å². The van der Waals surface area contributed by atoms with Gasteiger partial charge in [0.25, 0.3) is 5.91 Å². The molecular weight excluding hydrogens is 312 g/mol. The summed E-state index contributed by atoms with van der Waals surface area (Å²) in [6, 6.07) is 16.9. The van der Waals surface area contributed by atoms with Gasteiger partial charge in [0.05, 0.1) is 5.69 Å². The van der Waals surface area contributed by atoms with E-state index in [1.165, 1.54) is 0 Å². The van der Waals surface area contributed by atoms with Crippen molar-refractivity contribution >= 4 is 17.5 Å². The molecule has 1 aromatic heterocycles. The maximum atomic E-state index is 12.2. The van der Waals surface area contributed by atoms with Crippen LogP contribution in [0.5, 0.6) is 0 Å². The van der Waals surface area contributed by atoms with Crippen LogP contribution in [0.25, 0.3) is 5.69 Å². The van der Waals surface area contributed by atoms with Gasteiger partial charge in [-0.3, -0.25) is 4.79 Å². The van der Waals surface area contributed by atoms with Crippen LogP contribution in [0.15, 0.2) is 54.6 Å². The van der Waals surface area contributed by atoms with Crippen molar-refractivity contribution in [2.75, 3.05) is 0 Å². The fraction of sp³-hybridized carbons (Fsp3) is 0.118. The minimum atomic E-state index is -0.308. The Balaban J connectivity index is 1.76. The molecule has 0 aliphatic carbocycles. The van der Waals surface area contributed by atoms with Gasteiger partial charge in [-0.05, 0) is 30.7 Å². The average molecular weight is 327 g/mol. The first-order chi connectivity index (χ1) is 11.1. The Bertz CT molecular complexity index is 830. The lowest BCUT2D eigenvalue weighted by atomic mass is 10.2. The molecule has 1 amide bonds. The van der Waals surface area contributed by atoms with Crippen LogP contribution in [0.3, 0.4) is 0 Å². The Labute approximate surface area is 138 Å². The number of halogens is 1. The summed E-state index contributed by atoms with van der Waals surface area (Å²) in [6.07, 6.45) is 0. The van der Waals surface area contributed by atoms with E-state index >= 15 is 0 Å². The second-order valence-corrected chi connectivity index (χ2v) is 5.48. The number of amides is 1. The van der Waals surface area contributed by atoms with E-state index in [0.717, 1.165) is 11.3 Å². The van der Waals surface area contributed by atoms with E-state index in [4.69, 9.17) is 11.6 Å². The monoisotopic (exact) mass is 326 g/mol. The lowest BCUT2D eigenvalue weighted by molar-refractivity contribution is 0.0940. The van der Waals surface area contributed by atoms with Crippen LogP contribution in [-0.4, -0.2) is 20.7 Å². The highest BCUT2D eigenvalue weighted by atomic mass is 35.5. The zero-order valence-corrected chi connectivity index (χ0v) is 13.3. The third-order valence-corrected chi connectivity index (χ3v) is 3.56. The molecule has 6 heteroatoms. The van der Waals surface area contributed by atoms with Crippen molar-refractivity contribution in [3.05, 3.63) is 76.8 Å². The van der Waals surface area contributed by atoms with E-state index in [1.54, 1.807) is 23.7 Å². The molecule has 0 unspecified atom stereocenters. The van der Waals surface area contributed by atoms with Crippen LogP contribution in [0, 0.1) is 6.92 Å². The molecule has 0 aliphatic rings. The molecule has 3 rings (SSSR count). The summed E-state index contributed by atoms with van der Waals surface area (Å²) >= 11 is 5.99. The fourth-order valence-corrected chi connectivity index (χ4v) is 2.38. The van der Waals surface area contributed by atoms with Crippen LogP contribution in [0.1, 0.15) is 22.0 Å². The van der Waals surface area contributed by atoms with Gasteiger partial charge in [-0.25, -0.2) is 9.67 Å². The van der Waals surface area contributed by atoms with Crippen LogP contribution >= 0.6 is 11.6 Å². The van der Waals surface area contributed by atoms with E-state index < -0.39 is 0 Å². The molecule has 0 saturated heterocycles. The number of aromatic nitrogens is 3. The Morgan fingerprint density at radius 1 is 1.17 bits per heavy atom. The first-order valence-corrected chi connectivity index (χ1v) is 7.53. The second kappa shape index (κ2) is 6.62. The van der Waals surface area contributed by atoms with Gasteiger partial charge in [0.15, 0.2) is 0 Å². The number of hydrogen-bond acceptors (Lipinski definition) is 3. The first kappa shape index (κ1) is 15.2. The Morgan fingerprint density at radius 3 is 2.70 bits per heavy atom. The number of rotatable bonds is 4. The fourth-order valence-electron chi connectivity index (χ4n) is 2.20. The Kier molecular flexibility index (Phi) is 4.39. The van der Waals surface area contributed by atoms with Crippen molar-refractivity contribution in [3.8, 4) is 5.69 Å². The van der Waals surface area contributed by atoms with Crippen LogP contribution in [0.4, 0.5) is 0 Å². The summed E-state index contributed by atoms with van der Waals surface area (Å²) in [5.41, 5.74) is 1.79. The number of carbonyl (C=O) groups excluding carboxylic acids is 1.